The third kappa shape index (κ3) is 7.58. The molecule has 0 saturated heterocycles. The van der Waals surface area contributed by atoms with Crippen molar-refractivity contribution in [1.29, 1.82) is 0 Å². The first kappa shape index (κ1) is 26.2. The topological polar surface area (TPSA) is 76.4 Å². The van der Waals surface area contributed by atoms with Crippen LogP contribution in [-0.4, -0.2) is 47.0 Å². The van der Waals surface area contributed by atoms with Gasteiger partial charge in [-0.15, -0.1) is 34.2 Å². The van der Waals surface area contributed by atoms with Crippen LogP contribution in [0.2, 0.25) is 0 Å². The van der Waals surface area contributed by atoms with Gasteiger partial charge < -0.3 is 19.9 Å². The number of aliphatic imine (C=N–C) groups is 1. The van der Waals surface area contributed by atoms with Crippen molar-refractivity contribution in [2.24, 2.45) is 4.99 Å². The molecule has 4 rings (SSSR count). The van der Waals surface area contributed by atoms with Gasteiger partial charge in [0.2, 0.25) is 0 Å². The predicted octanol–water partition coefficient (Wildman–Crippen LogP) is 4.73. The third-order valence-corrected chi connectivity index (χ3v) is 5.96. The molecule has 1 aliphatic rings. The van der Waals surface area contributed by atoms with Gasteiger partial charge in [0, 0.05) is 45.4 Å². The van der Waals surface area contributed by atoms with Gasteiger partial charge in [0.15, 0.2) is 5.96 Å². The molecule has 1 aliphatic heterocycles. The van der Waals surface area contributed by atoms with Gasteiger partial charge in [-0.25, -0.2) is 0 Å². The van der Waals surface area contributed by atoms with Gasteiger partial charge in [0.05, 0.1) is 6.61 Å². The lowest BCUT2D eigenvalue weighted by atomic mass is 10.1. The molecule has 0 atom stereocenters. The maximum Gasteiger partial charge on any atom is 0.191 e. The minimum Gasteiger partial charge on any atom is -0.494 e. The summed E-state index contributed by atoms with van der Waals surface area (Å²) >= 11 is 0. The van der Waals surface area contributed by atoms with Gasteiger partial charge in [-0.3, -0.25) is 4.99 Å². The minimum absolute atomic E-state index is 0. The molecule has 7 nitrogen and oxygen atoms in total. The van der Waals surface area contributed by atoms with E-state index >= 15 is 0 Å². The van der Waals surface area contributed by atoms with Gasteiger partial charge in [0.1, 0.15) is 17.4 Å². The van der Waals surface area contributed by atoms with E-state index < -0.39 is 0 Å². The van der Waals surface area contributed by atoms with E-state index in [-0.39, 0.29) is 24.0 Å². The number of fused-ring (bicyclic) bond motifs is 2. The molecule has 34 heavy (non-hydrogen) atoms. The highest BCUT2D eigenvalue weighted by Crippen LogP contribution is 2.20. The zero-order valence-corrected chi connectivity index (χ0v) is 22.5. The molecule has 0 radical (unpaired) electrons. The van der Waals surface area contributed by atoms with Crippen molar-refractivity contribution in [1.82, 2.24) is 25.4 Å². The molecule has 1 aromatic heterocycles. The number of ether oxygens (including phenoxy) is 1. The molecule has 3 aromatic rings. The highest BCUT2D eigenvalue weighted by atomic mass is 127. The summed E-state index contributed by atoms with van der Waals surface area (Å²) in [5.41, 5.74) is 0. The second-order valence-electron chi connectivity index (χ2n) is 8.50. The molecule has 184 valence electrons. The van der Waals surface area contributed by atoms with Crippen molar-refractivity contribution in [2.75, 3.05) is 26.2 Å². The number of nitrogens with one attached hydrogen (secondary N) is 2. The zero-order valence-electron chi connectivity index (χ0n) is 20.1. The number of aromatic nitrogens is 3. The van der Waals surface area contributed by atoms with E-state index in [2.05, 4.69) is 68.7 Å². The Labute approximate surface area is 219 Å². The summed E-state index contributed by atoms with van der Waals surface area (Å²) in [5.74, 6) is 4.06. The lowest BCUT2D eigenvalue weighted by Crippen LogP contribution is -2.38. The van der Waals surface area contributed by atoms with Crippen LogP contribution < -0.4 is 15.4 Å². The van der Waals surface area contributed by atoms with Crippen molar-refractivity contribution >= 4 is 40.7 Å². The van der Waals surface area contributed by atoms with Crippen molar-refractivity contribution in [2.45, 2.75) is 58.4 Å². The lowest BCUT2D eigenvalue weighted by Gasteiger charge is -2.12. The summed E-state index contributed by atoms with van der Waals surface area (Å²) in [4.78, 5) is 4.69. The maximum atomic E-state index is 5.92. The fraction of sp³-hybridized carbons (Fsp3) is 0.500. The van der Waals surface area contributed by atoms with Gasteiger partial charge in [-0.2, -0.15) is 0 Å². The molecule has 8 heteroatoms. The summed E-state index contributed by atoms with van der Waals surface area (Å²) in [5, 5.41) is 18.0. The molecular formula is C26H37IN6O. The number of aryl methyl sites for hydroxylation is 2. The molecule has 0 bridgehead atoms. The van der Waals surface area contributed by atoms with Gasteiger partial charge in [-0.1, -0.05) is 36.8 Å². The molecule has 2 heterocycles. The quantitative estimate of drug-likeness (QED) is 0.158. The van der Waals surface area contributed by atoms with E-state index in [1.807, 2.05) is 6.07 Å². The summed E-state index contributed by atoms with van der Waals surface area (Å²) in [6.07, 6.45) is 7.64. The normalized spacial score (nSPS) is 13.6. The van der Waals surface area contributed by atoms with E-state index in [0.29, 0.717) is 6.61 Å². The van der Waals surface area contributed by atoms with Crippen LogP contribution in [0.25, 0.3) is 10.8 Å². The van der Waals surface area contributed by atoms with Gasteiger partial charge in [-0.05, 0) is 49.1 Å². The van der Waals surface area contributed by atoms with Gasteiger partial charge in [0.25, 0.3) is 0 Å². The molecule has 0 amide bonds. The van der Waals surface area contributed by atoms with E-state index in [1.54, 1.807) is 0 Å². The molecule has 0 spiro atoms. The number of halogens is 1. The zero-order chi connectivity index (χ0) is 22.7. The number of hydrogen-bond acceptors (Lipinski definition) is 4. The molecular weight excluding hydrogens is 539 g/mol. The Morgan fingerprint density at radius 2 is 1.91 bits per heavy atom. The fourth-order valence-electron chi connectivity index (χ4n) is 4.23. The second kappa shape index (κ2) is 14.1. The predicted molar refractivity (Wildman–Crippen MR) is 149 cm³/mol. The van der Waals surface area contributed by atoms with Crippen LogP contribution in [0.3, 0.4) is 0 Å². The fourth-order valence-corrected chi connectivity index (χ4v) is 4.23. The monoisotopic (exact) mass is 576 g/mol. The van der Waals surface area contributed by atoms with Crippen LogP contribution in [-0.2, 0) is 19.4 Å². The van der Waals surface area contributed by atoms with E-state index in [4.69, 9.17) is 9.73 Å². The van der Waals surface area contributed by atoms with E-state index in [0.717, 1.165) is 75.2 Å². The standard InChI is InChI=1S/C26H36N6O.HI/c1-2-27-26(28-16-8-13-25-31-30-24-12-4-3-7-18-32(24)25)29-17-9-19-33-23-15-14-21-10-5-6-11-22(21)20-23;/h5-6,10-11,14-15,20H,2-4,7-9,12-13,16-19H2,1H3,(H2,27,28,29);1H. The summed E-state index contributed by atoms with van der Waals surface area (Å²) in [6, 6.07) is 14.6. The van der Waals surface area contributed by atoms with Crippen molar-refractivity contribution in [3.05, 3.63) is 54.1 Å². The Balaban J connectivity index is 0.00000324. The summed E-state index contributed by atoms with van der Waals surface area (Å²) < 4.78 is 8.26. The molecule has 2 aromatic carbocycles. The molecule has 0 aliphatic carbocycles. The van der Waals surface area contributed by atoms with Crippen LogP contribution in [0.15, 0.2) is 47.5 Å². The third-order valence-electron chi connectivity index (χ3n) is 5.96. The van der Waals surface area contributed by atoms with Crippen molar-refractivity contribution < 1.29 is 4.74 Å². The van der Waals surface area contributed by atoms with E-state index in [9.17, 15) is 0 Å². The Morgan fingerprint density at radius 1 is 1.03 bits per heavy atom. The highest BCUT2D eigenvalue weighted by molar-refractivity contribution is 14.0. The summed E-state index contributed by atoms with van der Waals surface area (Å²) in [7, 11) is 0. The number of benzene rings is 2. The smallest absolute Gasteiger partial charge is 0.191 e. The van der Waals surface area contributed by atoms with Crippen molar-refractivity contribution in [3.8, 4) is 5.75 Å². The Hall–Kier alpha value is -2.36. The van der Waals surface area contributed by atoms with Crippen LogP contribution in [0.5, 0.6) is 5.75 Å². The Kier molecular flexibility index (Phi) is 10.9. The van der Waals surface area contributed by atoms with Gasteiger partial charge >= 0.3 is 0 Å². The molecule has 0 saturated carbocycles. The highest BCUT2D eigenvalue weighted by Gasteiger charge is 2.14. The number of nitrogens with zero attached hydrogens (tertiary/aromatic N) is 4. The maximum absolute atomic E-state index is 5.92. The van der Waals surface area contributed by atoms with Crippen LogP contribution in [0, 0.1) is 0 Å². The molecule has 0 fully saturated rings. The number of hydrogen-bond donors (Lipinski definition) is 2. The Morgan fingerprint density at radius 3 is 2.79 bits per heavy atom. The first-order valence-corrected chi connectivity index (χ1v) is 12.4. The average molecular weight is 577 g/mol. The number of rotatable bonds is 10. The molecule has 0 unspecified atom stereocenters. The first-order chi connectivity index (χ1) is 16.3. The summed E-state index contributed by atoms with van der Waals surface area (Å²) in [6.45, 7) is 6.24. The largest absolute Gasteiger partial charge is 0.494 e. The first-order valence-electron chi connectivity index (χ1n) is 12.4. The number of guanidine groups is 1. The van der Waals surface area contributed by atoms with Crippen LogP contribution >= 0.6 is 24.0 Å². The molecule has 2 N–H and O–H groups in total. The minimum atomic E-state index is 0. The lowest BCUT2D eigenvalue weighted by molar-refractivity contribution is 0.314. The second-order valence-corrected chi connectivity index (χ2v) is 8.50. The Bertz CT molecular complexity index is 1050. The van der Waals surface area contributed by atoms with Crippen molar-refractivity contribution in [3.63, 3.8) is 0 Å². The van der Waals surface area contributed by atoms with E-state index in [1.165, 1.54) is 30.0 Å². The SMILES string of the molecule is CCNC(=NCCCOc1ccc2ccccc2c1)NCCCc1nnc2n1CCCCC2.I. The van der Waals surface area contributed by atoms with Crippen LogP contribution in [0.4, 0.5) is 0 Å². The van der Waals surface area contributed by atoms with Crippen LogP contribution in [0.1, 0.15) is 50.7 Å². The average Bonchev–Trinajstić information content (AvgIpc) is 3.06.